The van der Waals surface area contributed by atoms with E-state index in [1.165, 1.54) is 17.3 Å². The Kier molecular flexibility index (Phi) is 6.87. The zero-order valence-electron chi connectivity index (χ0n) is 18.0. The van der Waals surface area contributed by atoms with Crippen molar-refractivity contribution in [3.8, 4) is 11.4 Å². The molecule has 0 spiro atoms. The lowest BCUT2D eigenvalue weighted by Crippen LogP contribution is -2.09. The average molecular weight is 445 g/mol. The summed E-state index contributed by atoms with van der Waals surface area (Å²) in [5, 5.41) is 12.9. The van der Waals surface area contributed by atoms with Gasteiger partial charge < -0.3 is 10.1 Å². The van der Waals surface area contributed by atoms with Gasteiger partial charge in [-0.25, -0.2) is 0 Å². The molecule has 0 radical (unpaired) electrons. The van der Waals surface area contributed by atoms with Crippen LogP contribution in [0.15, 0.2) is 84.0 Å². The molecule has 1 heterocycles. The highest BCUT2D eigenvalue weighted by atomic mass is 32.2. The SMILES string of the molecule is COc1ccc(NCc2nnc(SCC(=O)c3ccccc3)n2-c2ccc(C)cc2)cc1. The highest BCUT2D eigenvalue weighted by molar-refractivity contribution is 7.99. The Bertz CT molecular complexity index is 1170. The first-order chi connectivity index (χ1) is 15.6. The normalized spacial score (nSPS) is 10.7. The molecule has 4 aromatic rings. The molecule has 0 saturated heterocycles. The van der Waals surface area contributed by atoms with Crippen molar-refractivity contribution in [1.82, 2.24) is 14.8 Å². The third-order valence-electron chi connectivity index (χ3n) is 4.96. The van der Waals surface area contributed by atoms with Gasteiger partial charge in [0, 0.05) is 16.9 Å². The first kappa shape index (κ1) is 21.6. The second kappa shape index (κ2) is 10.2. The minimum atomic E-state index is 0.0620. The summed E-state index contributed by atoms with van der Waals surface area (Å²) in [6, 6.07) is 25.2. The third-order valence-corrected chi connectivity index (χ3v) is 5.89. The Morgan fingerprint density at radius 1 is 0.969 bits per heavy atom. The van der Waals surface area contributed by atoms with Crippen LogP contribution in [0.25, 0.3) is 5.69 Å². The van der Waals surface area contributed by atoms with E-state index in [4.69, 9.17) is 4.74 Å². The number of rotatable bonds is 9. The summed E-state index contributed by atoms with van der Waals surface area (Å²) in [5.74, 6) is 1.92. The van der Waals surface area contributed by atoms with Crippen LogP contribution in [-0.4, -0.2) is 33.4 Å². The lowest BCUT2D eigenvalue weighted by molar-refractivity contribution is 0.102. The molecule has 0 unspecified atom stereocenters. The molecule has 1 aromatic heterocycles. The summed E-state index contributed by atoms with van der Waals surface area (Å²) in [6.45, 7) is 2.54. The van der Waals surface area contributed by atoms with Crippen LogP contribution in [0.4, 0.5) is 5.69 Å². The van der Waals surface area contributed by atoms with Crippen LogP contribution in [0.1, 0.15) is 21.7 Å². The predicted octanol–water partition coefficient (Wildman–Crippen LogP) is 5.17. The van der Waals surface area contributed by atoms with Crippen molar-refractivity contribution in [2.45, 2.75) is 18.6 Å². The number of ketones is 1. The van der Waals surface area contributed by atoms with Crippen molar-refractivity contribution in [2.24, 2.45) is 0 Å². The van der Waals surface area contributed by atoms with Crippen molar-refractivity contribution in [3.05, 3.63) is 95.8 Å². The molecule has 0 fully saturated rings. The molecule has 7 heteroatoms. The molecule has 0 aliphatic heterocycles. The lowest BCUT2D eigenvalue weighted by atomic mass is 10.2. The summed E-state index contributed by atoms with van der Waals surface area (Å²) in [6.07, 6.45) is 0. The number of anilines is 1. The molecule has 162 valence electrons. The van der Waals surface area contributed by atoms with E-state index in [1.807, 2.05) is 71.3 Å². The summed E-state index contributed by atoms with van der Waals surface area (Å²) >= 11 is 1.39. The molecule has 0 aliphatic rings. The fraction of sp³-hybridized carbons (Fsp3) is 0.160. The maximum absolute atomic E-state index is 12.6. The number of hydrogen-bond donors (Lipinski definition) is 1. The van der Waals surface area contributed by atoms with Gasteiger partial charge in [0.05, 0.1) is 19.4 Å². The highest BCUT2D eigenvalue weighted by Crippen LogP contribution is 2.24. The molecule has 0 bridgehead atoms. The van der Waals surface area contributed by atoms with Crippen molar-refractivity contribution < 1.29 is 9.53 Å². The van der Waals surface area contributed by atoms with Crippen LogP contribution in [0, 0.1) is 6.92 Å². The molecule has 6 nitrogen and oxygen atoms in total. The summed E-state index contributed by atoms with van der Waals surface area (Å²) in [7, 11) is 1.65. The summed E-state index contributed by atoms with van der Waals surface area (Å²) < 4.78 is 7.21. The zero-order chi connectivity index (χ0) is 22.3. The van der Waals surface area contributed by atoms with Crippen molar-refractivity contribution in [2.75, 3.05) is 18.2 Å². The van der Waals surface area contributed by atoms with Crippen LogP contribution < -0.4 is 10.1 Å². The van der Waals surface area contributed by atoms with Gasteiger partial charge >= 0.3 is 0 Å². The number of aromatic nitrogens is 3. The van der Waals surface area contributed by atoms with Gasteiger partial charge in [-0.3, -0.25) is 9.36 Å². The monoisotopic (exact) mass is 444 g/mol. The van der Waals surface area contributed by atoms with Crippen molar-refractivity contribution in [1.29, 1.82) is 0 Å². The minimum Gasteiger partial charge on any atom is -0.497 e. The van der Waals surface area contributed by atoms with E-state index in [9.17, 15) is 4.79 Å². The first-order valence-corrected chi connectivity index (χ1v) is 11.2. The highest BCUT2D eigenvalue weighted by Gasteiger charge is 2.16. The van der Waals surface area contributed by atoms with Gasteiger partial charge in [0.15, 0.2) is 16.8 Å². The number of thioether (sulfide) groups is 1. The Morgan fingerprint density at radius 2 is 1.69 bits per heavy atom. The summed E-state index contributed by atoms with van der Waals surface area (Å²) in [5.41, 5.74) is 3.79. The van der Waals surface area contributed by atoms with Crippen molar-refractivity contribution >= 4 is 23.2 Å². The van der Waals surface area contributed by atoms with E-state index >= 15 is 0 Å². The van der Waals surface area contributed by atoms with Gasteiger partial charge in [0.25, 0.3) is 0 Å². The van der Waals surface area contributed by atoms with Gasteiger partial charge in [-0.15, -0.1) is 10.2 Å². The van der Waals surface area contributed by atoms with Crippen LogP contribution >= 0.6 is 11.8 Å². The van der Waals surface area contributed by atoms with E-state index in [1.54, 1.807) is 7.11 Å². The number of methoxy groups -OCH3 is 1. The minimum absolute atomic E-state index is 0.0620. The molecule has 32 heavy (non-hydrogen) atoms. The number of aryl methyl sites for hydroxylation is 1. The number of hydrogen-bond acceptors (Lipinski definition) is 6. The lowest BCUT2D eigenvalue weighted by Gasteiger charge is -2.12. The number of nitrogens with zero attached hydrogens (tertiary/aromatic N) is 3. The van der Waals surface area contributed by atoms with Crippen molar-refractivity contribution in [3.63, 3.8) is 0 Å². The van der Waals surface area contributed by atoms with Gasteiger partial charge in [-0.05, 0) is 43.3 Å². The summed E-state index contributed by atoms with van der Waals surface area (Å²) in [4.78, 5) is 12.6. The topological polar surface area (TPSA) is 69.0 Å². The van der Waals surface area contributed by atoms with Crippen LogP contribution in [-0.2, 0) is 6.54 Å². The quantitative estimate of drug-likeness (QED) is 0.284. The standard InChI is InChI=1S/C25H24N4O2S/c1-18-8-12-21(13-9-18)29-24(16-26-20-10-14-22(31-2)15-11-20)27-28-25(29)32-17-23(30)19-6-4-3-5-7-19/h3-15,26H,16-17H2,1-2H3. The molecule has 1 N–H and O–H groups in total. The molecule has 4 rings (SSSR count). The van der Waals surface area contributed by atoms with E-state index in [0.717, 1.165) is 22.9 Å². The Hall–Kier alpha value is -3.58. The Balaban J connectivity index is 1.55. The second-order valence-corrected chi connectivity index (χ2v) is 8.17. The Labute approximate surface area is 191 Å². The first-order valence-electron chi connectivity index (χ1n) is 10.2. The molecule has 0 atom stereocenters. The van der Waals surface area contributed by atoms with Gasteiger partial charge in [-0.1, -0.05) is 59.8 Å². The molecule has 0 amide bonds. The second-order valence-electron chi connectivity index (χ2n) is 7.23. The smallest absolute Gasteiger partial charge is 0.196 e. The van der Waals surface area contributed by atoms with E-state index in [-0.39, 0.29) is 5.78 Å². The molecule has 0 aliphatic carbocycles. The van der Waals surface area contributed by atoms with Gasteiger partial charge in [0.1, 0.15) is 5.75 Å². The van der Waals surface area contributed by atoms with Gasteiger partial charge in [0.2, 0.25) is 0 Å². The third kappa shape index (κ3) is 5.18. The number of Topliss-reactive ketones (excluding diaryl/α,β-unsaturated/α-hetero) is 1. The number of benzene rings is 3. The fourth-order valence-corrected chi connectivity index (χ4v) is 4.05. The number of carbonyl (C=O) groups is 1. The fourth-order valence-electron chi connectivity index (χ4n) is 3.19. The molecular weight excluding hydrogens is 420 g/mol. The van der Waals surface area contributed by atoms with Gasteiger partial charge in [-0.2, -0.15) is 0 Å². The maximum Gasteiger partial charge on any atom is 0.196 e. The average Bonchev–Trinajstić information content (AvgIpc) is 3.25. The van der Waals surface area contributed by atoms with Crippen LogP contribution in [0.2, 0.25) is 0 Å². The Morgan fingerprint density at radius 3 is 2.38 bits per heavy atom. The predicted molar refractivity (Wildman–Crippen MR) is 128 cm³/mol. The van der Waals surface area contributed by atoms with Crippen LogP contribution in [0.3, 0.4) is 0 Å². The molecule has 3 aromatic carbocycles. The van der Waals surface area contributed by atoms with Crippen LogP contribution in [0.5, 0.6) is 5.75 Å². The molecule has 0 saturated carbocycles. The molecular formula is C25H24N4O2S. The van der Waals surface area contributed by atoms with E-state index < -0.39 is 0 Å². The van der Waals surface area contributed by atoms with E-state index in [2.05, 4.69) is 34.6 Å². The maximum atomic E-state index is 12.6. The largest absolute Gasteiger partial charge is 0.497 e. The number of ether oxygens (including phenoxy) is 1. The van der Waals surface area contributed by atoms with E-state index in [0.29, 0.717) is 23.0 Å². The number of nitrogens with one attached hydrogen (secondary N) is 1. The zero-order valence-corrected chi connectivity index (χ0v) is 18.8. The number of carbonyl (C=O) groups excluding carboxylic acids is 1.